The van der Waals surface area contributed by atoms with Crippen molar-refractivity contribution in [3.05, 3.63) is 0 Å². The molecule has 0 fully saturated rings. The van der Waals surface area contributed by atoms with Gasteiger partial charge in [0.05, 0.1) is 5.75 Å². The van der Waals surface area contributed by atoms with Crippen LogP contribution in [0.25, 0.3) is 0 Å². The first-order chi connectivity index (χ1) is 6.93. The van der Waals surface area contributed by atoms with Gasteiger partial charge in [0, 0.05) is 26.4 Å². The molecule has 2 unspecified atom stereocenters. The number of ether oxygens (including phenoxy) is 1. The Bertz CT molecular complexity index is 253. The summed E-state index contributed by atoms with van der Waals surface area (Å²) in [6, 6.07) is -0.248. The van der Waals surface area contributed by atoms with E-state index in [0.29, 0.717) is 13.0 Å². The lowest BCUT2D eigenvalue weighted by molar-refractivity contribution is 0.199. The van der Waals surface area contributed by atoms with E-state index in [4.69, 9.17) is 9.84 Å². The van der Waals surface area contributed by atoms with Crippen molar-refractivity contribution in [3.8, 4) is 0 Å². The van der Waals surface area contributed by atoms with E-state index < -0.39 is 10.0 Å². The number of aliphatic hydroxyl groups is 1. The molecule has 0 aliphatic rings. The minimum absolute atomic E-state index is 0.0260. The van der Waals surface area contributed by atoms with Crippen LogP contribution in [0.1, 0.15) is 20.3 Å². The van der Waals surface area contributed by atoms with Gasteiger partial charge < -0.3 is 9.84 Å². The zero-order valence-corrected chi connectivity index (χ0v) is 10.4. The molecule has 92 valence electrons. The molecule has 5 nitrogen and oxygen atoms in total. The highest BCUT2D eigenvalue weighted by Gasteiger charge is 2.18. The van der Waals surface area contributed by atoms with Gasteiger partial charge in [-0.15, -0.1) is 0 Å². The molecule has 0 spiro atoms. The number of methoxy groups -OCH3 is 1. The average Bonchev–Trinajstić information content (AvgIpc) is 2.16. The molecule has 15 heavy (non-hydrogen) atoms. The van der Waals surface area contributed by atoms with E-state index in [-0.39, 0.29) is 24.3 Å². The van der Waals surface area contributed by atoms with E-state index in [0.717, 1.165) is 0 Å². The second kappa shape index (κ2) is 7.16. The van der Waals surface area contributed by atoms with Crippen molar-refractivity contribution in [3.63, 3.8) is 0 Å². The van der Waals surface area contributed by atoms with Gasteiger partial charge in [0.2, 0.25) is 10.0 Å². The van der Waals surface area contributed by atoms with Crippen LogP contribution in [0.4, 0.5) is 0 Å². The molecule has 0 rings (SSSR count). The van der Waals surface area contributed by atoms with E-state index in [2.05, 4.69) is 4.72 Å². The normalized spacial score (nSPS) is 16.3. The minimum Gasteiger partial charge on any atom is -0.396 e. The summed E-state index contributed by atoms with van der Waals surface area (Å²) in [6.07, 6.45) is 0.478. The Labute approximate surface area is 91.9 Å². The van der Waals surface area contributed by atoms with Crippen LogP contribution in [-0.4, -0.2) is 45.6 Å². The van der Waals surface area contributed by atoms with Crippen molar-refractivity contribution in [2.45, 2.75) is 26.3 Å². The molecule has 6 heteroatoms. The highest BCUT2D eigenvalue weighted by atomic mass is 32.2. The van der Waals surface area contributed by atoms with Gasteiger partial charge in [-0.3, -0.25) is 0 Å². The molecule has 0 aliphatic heterocycles. The van der Waals surface area contributed by atoms with Crippen LogP contribution in [0.5, 0.6) is 0 Å². The fraction of sp³-hybridized carbons (Fsp3) is 1.00. The first-order valence-electron chi connectivity index (χ1n) is 5.02. The number of hydrogen-bond acceptors (Lipinski definition) is 4. The van der Waals surface area contributed by atoms with Gasteiger partial charge in [0.1, 0.15) is 0 Å². The van der Waals surface area contributed by atoms with Crippen molar-refractivity contribution in [2.75, 3.05) is 26.1 Å². The first-order valence-corrected chi connectivity index (χ1v) is 6.68. The largest absolute Gasteiger partial charge is 0.396 e. The summed E-state index contributed by atoms with van der Waals surface area (Å²) >= 11 is 0. The van der Waals surface area contributed by atoms with Crippen LogP contribution >= 0.6 is 0 Å². The number of rotatable bonds is 8. The molecule has 0 aromatic heterocycles. The van der Waals surface area contributed by atoms with Crippen molar-refractivity contribution in [2.24, 2.45) is 5.92 Å². The van der Waals surface area contributed by atoms with E-state index in [9.17, 15) is 8.42 Å². The van der Waals surface area contributed by atoms with Crippen LogP contribution in [0.15, 0.2) is 0 Å². The maximum Gasteiger partial charge on any atom is 0.211 e. The minimum atomic E-state index is -3.25. The molecule has 2 N–H and O–H groups in total. The van der Waals surface area contributed by atoms with Gasteiger partial charge in [-0.05, 0) is 19.3 Å². The standard InChI is InChI=1S/C9H21NO4S/c1-8(7-11)9(2)10-15(12,13)6-4-5-14-3/h8-11H,4-7H2,1-3H3. The second-order valence-electron chi connectivity index (χ2n) is 3.73. The van der Waals surface area contributed by atoms with Crippen LogP contribution in [-0.2, 0) is 14.8 Å². The Hall–Kier alpha value is -0.170. The Morgan fingerprint density at radius 2 is 2.00 bits per heavy atom. The maximum atomic E-state index is 11.5. The van der Waals surface area contributed by atoms with Gasteiger partial charge >= 0.3 is 0 Å². The summed E-state index contributed by atoms with van der Waals surface area (Å²) in [7, 11) is -1.71. The molecule has 0 amide bonds. The summed E-state index contributed by atoms with van der Waals surface area (Å²) in [5.74, 6) is -0.0224. The molecule has 0 radical (unpaired) electrons. The summed E-state index contributed by atoms with van der Waals surface area (Å²) in [5.41, 5.74) is 0. The zero-order chi connectivity index (χ0) is 11.9. The number of hydrogen-bond donors (Lipinski definition) is 2. The fourth-order valence-corrected chi connectivity index (χ4v) is 2.42. The number of nitrogens with one attached hydrogen (secondary N) is 1. The SMILES string of the molecule is COCCCS(=O)(=O)NC(C)C(C)CO. The highest BCUT2D eigenvalue weighted by molar-refractivity contribution is 7.89. The molecule has 0 saturated heterocycles. The van der Waals surface area contributed by atoms with Crippen LogP contribution in [0.2, 0.25) is 0 Å². The monoisotopic (exact) mass is 239 g/mol. The quantitative estimate of drug-likeness (QED) is 0.583. The van der Waals surface area contributed by atoms with Gasteiger partial charge in [0.25, 0.3) is 0 Å². The Morgan fingerprint density at radius 1 is 1.40 bits per heavy atom. The molecule has 2 atom stereocenters. The molecule has 0 aromatic rings. The summed E-state index contributed by atoms with van der Waals surface area (Å²) in [5, 5.41) is 8.86. The molecule has 0 saturated carbocycles. The molecular formula is C9H21NO4S. The summed E-state index contributed by atoms with van der Waals surface area (Å²) in [6.45, 7) is 3.95. The Kier molecular flexibility index (Phi) is 7.08. The Morgan fingerprint density at radius 3 is 2.47 bits per heavy atom. The number of sulfonamides is 1. The maximum absolute atomic E-state index is 11.5. The highest BCUT2D eigenvalue weighted by Crippen LogP contribution is 2.03. The molecule has 0 aromatic carbocycles. The zero-order valence-electron chi connectivity index (χ0n) is 9.56. The van der Waals surface area contributed by atoms with Gasteiger partial charge in [-0.25, -0.2) is 13.1 Å². The van der Waals surface area contributed by atoms with Crippen LogP contribution in [0.3, 0.4) is 0 Å². The van der Waals surface area contributed by atoms with E-state index in [1.807, 2.05) is 0 Å². The second-order valence-corrected chi connectivity index (χ2v) is 5.61. The third-order valence-electron chi connectivity index (χ3n) is 2.27. The van der Waals surface area contributed by atoms with Gasteiger partial charge in [-0.1, -0.05) is 6.92 Å². The summed E-state index contributed by atoms with van der Waals surface area (Å²) in [4.78, 5) is 0. The molecule has 0 bridgehead atoms. The lowest BCUT2D eigenvalue weighted by Gasteiger charge is -2.19. The van der Waals surface area contributed by atoms with Crippen molar-refractivity contribution in [1.29, 1.82) is 0 Å². The third-order valence-corrected chi connectivity index (χ3v) is 3.83. The van der Waals surface area contributed by atoms with E-state index >= 15 is 0 Å². The van der Waals surface area contributed by atoms with Crippen molar-refractivity contribution >= 4 is 10.0 Å². The predicted octanol–water partition coefficient (Wildman–Crippen LogP) is -0.0408. The number of aliphatic hydroxyl groups excluding tert-OH is 1. The molecule has 0 aliphatic carbocycles. The lowest BCUT2D eigenvalue weighted by Crippen LogP contribution is -2.39. The van der Waals surface area contributed by atoms with Gasteiger partial charge in [0.15, 0.2) is 0 Å². The predicted molar refractivity (Wildman–Crippen MR) is 59.1 cm³/mol. The van der Waals surface area contributed by atoms with Crippen LogP contribution < -0.4 is 4.72 Å². The average molecular weight is 239 g/mol. The smallest absolute Gasteiger partial charge is 0.211 e. The first kappa shape index (κ1) is 14.8. The van der Waals surface area contributed by atoms with E-state index in [1.165, 1.54) is 7.11 Å². The lowest BCUT2D eigenvalue weighted by atomic mass is 10.1. The van der Waals surface area contributed by atoms with Crippen LogP contribution in [0, 0.1) is 5.92 Å². The topological polar surface area (TPSA) is 75.6 Å². The molecule has 0 heterocycles. The summed E-state index contributed by atoms with van der Waals surface area (Å²) < 4.78 is 30.3. The third kappa shape index (κ3) is 6.83. The van der Waals surface area contributed by atoms with E-state index in [1.54, 1.807) is 13.8 Å². The Balaban J connectivity index is 4.02. The van der Waals surface area contributed by atoms with Crippen molar-refractivity contribution in [1.82, 2.24) is 4.72 Å². The van der Waals surface area contributed by atoms with Crippen molar-refractivity contribution < 1.29 is 18.3 Å². The fourth-order valence-electron chi connectivity index (χ4n) is 1.01. The van der Waals surface area contributed by atoms with Gasteiger partial charge in [-0.2, -0.15) is 0 Å². The molecular weight excluding hydrogens is 218 g/mol.